The van der Waals surface area contributed by atoms with Crippen LogP contribution >= 0.6 is 24.0 Å². The van der Waals surface area contributed by atoms with Gasteiger partial charge in [0.1, 0.15) is 5.75 Å². The summed E-state index contributed by atoms with van der Waals surface area (Å²) in [5.74, 6) is 1.76. The molecule has 5 nitrogen and oxygen atoms in total. The predicted octanol–water partition coefficient (Wildman–Crippen LogP) is 2.81. The molecule has 1 atom stereocenters. The standard InChI is InChI=1S/C17H27N3O2.HI/c1-18-17(20-12-10-16-9-5-13-21-16)19-11-6-14-22-15-7-3-2-4-8-15;/h2-4,7-8,16H,5-6,9-14H2,1H3,(H2,18,19,20);1H. The van der Waals surface area contributed by atoms with Crippen LogP contribution in [0.1, 0.15) is 25.7 Å². The molecule has 1 unspecified atom stereocenters. The molecule has 0 aliphatic carbocycles. The van der Waals surface area contributed by atoms with Crippen LogP contribution < -0.4 is 15.4 Å². The SMILES string of the molecule is CN=C(NCCCOc1ccccc1)NCCC1CCCO1.I. The molecule has 130 valence electrons. The molecule has 1 aromatic carbocycles. The average molecular weight is 433 g/mol. The van der Waals surface area contributed by atoms with Gasteiger partial charge in [-0.1, -0.05) is 18.2 Å². The molecule has 6 heteroatoms. The Labute approximate surface area is 156 Å². The summed E-state index contributed by atoms with van der Waals surface area (Å²) in [5, 5.41) is 6.62. The second kappa shape index (κ2) is 12.4. The molecule has 2 rings (SSSR count). The Morgan fingerprint density at radius 1 is 1.26 bits per heavy atom. The molecule has 1 aliphatic rings. The highest BCUT2D eigenvalue weighted by atomic mass is 127. The maximum absolute atomic E-state index is 5.65. The summed E-state index contributed by atoms with van der Waals surface area (Å²) < 4.78 is 11.3. The van der Waals surface area contributed by atoms with Crippen molar-refractivity contribution in [3.63, 3.8) is 0 Å². The molecule has 2 N–H and O–H groups in total. The van der Waals surface area contributed by atoms with E-state index in [1.807, 2.05) is 30.3 Å². The molecule has 0 bridgehead atoms. The van der Waals surface area contributed by atoms with Gasteiger partial charge >= 0.3 is 0 Å². The molecule has 0 amide bonds. The largest absolute Gasteiger partial charge is 0.494 e. The zero-order valence-electron chi connectivity index (χ0n) is 13.8. The highest BCUT2D eigenvalue weighted by Gasteiger charge is 2.14. The Morgan fingerprint density at radius 3 is 2.74 bits per heavy atom. The van der Waals surface area contributed by atoms with Gasteiger partial charge in [0.25, 0.3) is 0 Å². The predicted molar refractivity (Wildman–Crippen MR) is 105 cm³/mol. The van der Waals surface area contributed by atoms with E-state index in [0.717, 1.165) is 44.2 Å². The summed E-state index contributed by atoms with van der Waals surface area (Å²) in [4.78, 5) is 4.22. The molecule has 1 heterocycles. The summed E-state index contributed by atoms with van der Waals surface area (Å²) in [6.45, 7) is 3.35. The van der Waals surface area contributed by atoms with E-state index in [9.17, 15) is 0 Å². The van der Waals surface area contributed by atoms with E-state index in [2.05, 4.69) is 15.6 Å². The molecular formula is C17H28IN3O2. The first-order valence-corrected chi connectivity index (χ1v) is 8.12. The first-order chi connectivity index (χ1) is 10.9. The molecule has 0 aromatic heterocycles. The lowest BCUT2D eigenvalue weighted by atomic mass is 10.2. The van der Waals surface area contributed by atoms with Gasteiger partial charge in [-0.05, 0) is 37.8 Å². The monoisotopic (exact) mass is 433 g/mol. The number of nitrogens with one attached hydrogen (secondary N) is 2. The summed E-state index contributed by atoms with van der Waals surface area (Å²) >= 11 is 0. The third kappa shape index (κ3) is 8.41. The maximum Gasteiger partial charge on any atom is 0.190 e. The number of halogens is 1. The topological polar surface area (TPSA) is 54.9 Å². The molecule has 0 spiro atoms. The number of guanidine groups is 1. The third-order valence-electron chi connectivity index (χ3n) is 3.63. The zero-order chi connectivity index (χ0) is 15.5. The number of hydrogen-bond acceptors (Lipinski definition) is 3. The fraction of sp³-hybridized carbons (Fsp3) is 0.588. The lowest BCUT2D eigenvalue weighted by Crippen LogP contribution is -2.39. The molecule has 0 radical (unpaired) electrons. The van der Waals surface area contributed by atoms with Crippen LogP contribution in [0.4, 0.5) is 0 Å². The highest BCUT2D eigenvalue weighted by molar-refractivity contribution is 14.0. The van der Waals surface area contributed by atoms with Gasteiger partial charge in [0, 0.05) is 26.7 Å². The number of ether oxygens (including phenoxy) is 2. The van der Waals surface area contributed by atoms with E-state index in [-0.39, 0.29) is 24.0 Å². The van der Waals surface area contributed by atoms with Gasteiger partial charge in [-0.3, -0.25) is 4.99 Å². The number of benzene rings is 1. The Bertz CT molecular complexity index is 437. The van der Waals surface area contributed by atoms with Crippen molar-refractivity contribution in [3.8, 4) is 5.75 Å². The fourth-order valence-corrected chi connectivity index (χ4v) is 2.43. The van der Waals surface area contributed by atoms with Crippen LogP contribution in [0.25, 0.3) is 0 Å². The van der Waals surface area contributed by atoms with Crippen molar-refractivity contribution < 1.29 is 9.47 Å². The van der Waals surface area contributed by atoms with Gasteiger partial charge in [0.05, 0.1) is 12.7 Å². The lowest BCUT2D eigenvalue weighted by molar-refractivity contribution is 0.105. The molecule has 1 aromatic rings. The van der Waals surface area contributed by atoms with Gasteiger partial charge in [-0.15, -0.1) is 24.0 Å². The summed E-state index contributed by atoms with van der Waals surface area (Å²) in [7, 11) is 1.79. The summed E-state index contributed by atoms with van der Waals surface area (Å²) in [6, 6.07) is 9.89. The first kappa shape index (κ1) is 20.0. The van der Waals surface area contributed by atoms with Gasteiger partial charge in [0.15, 0.2) is 5.96 Å². The molecule has 1 saturated heterocycles. The Morgan fingerprint density at radius 2 is 2.04 bits per heavy atom. The van der Waals surface area contributed by atoms with Crippen molar-refractivity contribution in [2.45, 2.75) is 31.8 Å². The third-order valence-corrected chi connectivity index (χ3v) is 3.63. The number of hydrogen-bond donors (Lipinski definition) is 2. The second-order valence-electron chi connectivity index (χ2n) is 5.36. The smallest absolute Gasteiger partial charge is 0.190 e. The van der Waals surface area contributed by atoms with Crippen LogP contribution in [0, 0.1) is 0 Å². The average Bonchev–Trinajstić information content (AvgIpc) is 3.07. The fourth-order valence-electron chi connectivity index (χ4n) is 2.43. The zero-order valence-corrected chi connectivity index (χ0v) is 16.1. The first-order valence-electron chi connectivity index (χ1n) is 8.12. The van der Waals surface area contributed by atoms with Crippen molar-refractivity contribution in [2.75, 3.05) is 33.4 Å². The van der Waals surface area contributed by atoms with Crippen LogP contribution in [0.2, 0.25) is 0 Å². The van der Waals surface area contributed by atoms with E-state index < -0.39 is 0 Å². The van der Waals surface area contributed by atoms with Crippen LogP contribution in [-0.4, -0.2) is 45.4 Å². The van der Waals surface area contributed by atoms with Crippen LogP contribution in [0.3, 0.4) is 0 Å². The number of nitrogens with zero attached hydrogens (tertiary/aromatic N) is 1. The van der Waals surface area contributed by atoms with Crippen molar-refractivity contribution in [1.82, 2.24) is 10.6 Å². The summed E-state index contributed by atoms with van der Waals surface area (Å²) in [5.41, 5.74) is 0. The van der Waals surface area contributed by atoms with Gasteiger partial charge < -0.3 is 20.1 Å². The number of para-hydroxylation sites is 1. The molecule has 1 fully saturated rings. The Kier molecular flexibility index (Phi) is 10.8. The van der Waals surface area contributed by atoms with Crippen molar-refractivity contribution in [3.05, 3.63) is 30.3 Å². The van der Waals surface area contributed by atoms with Crippen molar-refractivity contribution >= 4 is 29.9 Å². The summed E-state index contributed by atoms with van der Waals surface area (Å²) in [6.07, 6.45) is 4.77. The van der Waals surface area contributed by atoms with E-state index in [1.165, 1.54) is 12.8 Å². The van der Waals surface area contributed by atoms with Crippen LogP contribution in [0.5, 0.6) is 5.75 Å². The van der Waals surface area contributed by atoms with E-state index in [1.54, 1.807) is 7.05 Å². The van der Waals surface area contributed by atoms with Crippen LogP contribution in [-0.2, 0) is 4.74 Å². The minimum absolute atomic E-state index is 0. The second-order valence-corrected chi connectivity index (χ2v) is 5.36. The highest BCUT2D eigenvalue weighted by Crippen LogP contribution is 2.14. The van der Waals surface area contributed by atoms with Gasteiger partial charge in [0.2, 0.25) is 0 Å². The molecule has 1 aliphatic heterocycles. The minimum Gasteiger partial charge on any atom is -0.494 e. The van der Waals surface area contributed by atoms with E-state index in [4.69, 9.17) is 9.47 Å². The normalized spacial score (nSPS) is 17.4. The number of aliphatic imine (C=N–C) groups is 1. The van der Waals surface area contributed by atoms with Crippen molar-refractivity contribution in [2.24, 2.45) is 4.99 Å². The Hall–Kier alpha value is -1.02. The van der Waals surface area contributed by atoms with E-state index in [0.29, 0.717) is 12.7 Å². The van der Waals surface area contributed by atoms with E-state index >= 15 is 0 Å². The molecular weight excluding hydrogens is 405 g/mol. The number of rotatable bonds is 8. The van der Waals surface area contributed by atoms with Gasteiger partial charge in [-0.2, -0.15) is 0 Å². The lowest BCUT2D eigenvalue weighted by Gasteiger charge is -2.14. The maximum atomic E-state index is 5.65. The van der Waals surface area contributed by atoms with Gasteiger partial charge in [-0.25, -0.2) is 0 Å². The quantitative estimate of drug-likeness (QED) is 0.287. The Balaban J connectivity index is 0.00000264. The van der Waals surface area contributed by atoms with Crippen LogP contribution in [0.15, 0.2) is 35.3 Å². The molecule has 23 heavy (non-hydrogen) atoms. The molecule has 0 saturated carbocycles. The van der Waals surface area contributed by atoms with Crippen molar-refractivity contribution in [1.29, 1.82) is 0 Å². The minimum atomic E-state index is 0.